The summed E-state index contributed by atoms with van der Waals surface area (Å²) in [5.74, 6) is 0. The van der Waals surface area contributed by atoms with Gasteiger partial charge >= 0.3 is 6.36 Å². The fourth-order valence-corrected chi connectivity index (χ4v) is 1.92. The number of rotatable bonds is 6. The second-order valence-corrected chi connectivity index (χ2v) is 4.18. The molecule has 1 rings (SSSR count). The quantitative estimate of drug-likeness (QED) is 0.702. The Morgan fingerprint density at radius 2 is 2.00 bits per heavy atom. The molecule has 15 heavy (non-hydrogen) atoms. The standard InChI is InChI=1S/C10H18F3NO/c1-2-9(4-3-5-9)8-14-6-7-15-10(11,12)13/h14H,2-8H2,1H3. The van der Waals surface area contributed by atoms with Crippen LogP contribution >= 0.6 is 0 Å². The Morgan fingerprint density at radius 3 is 2.40 bits per heavy atom. The van der Waals surface area contributed by atoms with Crippen molar-refractivity contribution in [1.82, 2.24) is 5.32 Å². The maximum atomic E-state index is 11.6. The molecule has 0 aliphatic heterocycles. The van der Waals surface area contributed by atoms with Gasteiger partial charge in [0.25, 0.3) is 0 Å². The zero-order valence-electron chi connectivity index (χ0n) is 8.99. The Bertz CT molecular complexity index is 184. The van der Waals surface area contributed by atoms with Crippen LogP contribution in [0.25, 0.3) is 0 Å². The second-order valence-electron chi connectivity index (χ2n) is 4.18. The first-order valence-electron chi connectivity index (χ1n) is 5.39. The zero-order chi connectivity index (χ0) is 11.4. The van der Waals surface area contributed by atoms with Crippen LogP contribution in [-0.4, -0.2) is 26.1 Å². The van der Waals surface area contributed by atoms with Crippen molar-refractivity contribution in [2.75, 3.05) is 19.7 Å². The maximum absolute atomic E-state index is 11.6. The number of hydrogen-bond acceptors (Lipinski definition) is 2. The van der Waals surface area contributed by atoms with Crippen LogP contribution in [0.1, 0.15) is 32.6 Å². The molecule has 1 N–H and O–H groups in total. The Hall–Kier alpha value is -0.290. The fraction of sp³-hybridized carbons (Fsp3) is 1.00. The SMILES string of the molecule is CCC1(CNCCOC(F)(F)F)CCC1. The number of halogens is 3. The van der Waals surface area contributed by atoms with Crippen LogP contribution in [0, 0.1) is 5.41 Å². The van der Waals surface area contributed by atoms with Gasteiger partial charge < -0.3 is 5.32 Å². The lowest BCUT2D eigenvalue weighted by atomic mass is 9.67. The van der Waals surface area contributed by atoms with E-state index in [0.717, 1.165) is 13.0 Å². The molecule has 0 bridgehead atoms. The third kappa shape index (κ3) is 4.38. The minimum Gasteiger partial charge on any atom is -0.314 e. The van der Waals surface area contributed by atoms with Gasteiger partial charge in [-0.3, -0.25) is 4.74 Å². The van der Waals surface area contributed by atoms with Gasteiger partial charge in [0.05, 0.1) is 6.61 Å². The summed E-state index contributed by atoms with van der Waals surface area (Å²) in [7, 11) is 0. The van der Waals surface area contributed by atoms with Crippen molar-refractivity contribution in [3.05, 3.63) is 0 Å². The van der Waals surface area contributed by atoms with Gasteiger partial charge in [-0.25, -0.2) is 0 Å². The Balaban J connectivity index is 2.02. The van der Waals surface area contributed by atoms with Crippen molar-refractivity contribution < 1.29 is 17.9 Å². The topological polar surface area (TPSA) is 21.3 Å². The molecule has 0 heterocycles. The molecule has 1 aliphatic carbocycles. The highest BCUT2D eigenvalue weighted by molar-refractivity contribution is 4.88. The van der Waals surface area contributed by atoms with Crippen molar-refractivity contribution >= 4 is 0 Å². The molecule has 1 saturated carbocycles. The van der Waals surface area contributed by atoms with E-state index in [0.29, 0.717) is 5.41 Å². The first-order chi connectivity index (χ1) is 6.97. The van der Waals surface area contributed by atoms with Crippen molar-refractivity contribution in [2.45, 2.75) is 39.0 Å². The third-order valence-corrected chi connectivity index (χ3v) is 3.21. The van der Waals surface area contributed by atoms with E-state index in [-0.39, 0.29) is 13.2 Å². The Labute approximate surface area is 88.2 Å². The Morgan fingerprint density at radius 1 is 1.33 bits per heavy atom. The lowest BCUT2D eigenvalue weighted by molar-refractivity contribution is -0.323. The smallest absolute Gasteiger partial charge is 0.314 e. The summed E-state index contributed by atoms with van der Waals surface area (Å²) in [6, 6.07) is 0. The molecule has 1 fully saturated rings. The maximum Gasteiger partial charge on any atom is 0.522 e. The van der Waals surface area contributed by atoms with Crippen molar-refractivity contribution in [1.29, 1.82) is 0 Å². The predicted octanol–water partition coefficient (Wildman–Crippen LogP) is 2.69. The van der Waals surface area contributed by atoms with E-state index in [1.165, 1.54) is 19.3 Å². The van der Waals surface area contributed by atoms with E-state index < -0.39 is 6.36 Å². The summed E-state index contributed by atoms with van der Waals surface area (Å²) in [4.78, 5) is 0. The molecule has 90 valence electrons. The van der Waals surface area contributed by atoms with Crippen LogP contribution < -0.4 is 5.32 Å². The van der Waals surface area contributed by atoms with Gasteiger partial charge in [0, 0.05) is 13.1 Å². The molecule has 0 amide bonds. The largest absolute Gasteiger partial charge is 0.522 e. The van der Waals surface area contributed by atoms with Crippen LogP contribution in [-0.2, 0) is 4.74 Å². The lowest BCUT2D eigenvalue weighted by Crippen LogP contribution is -2.40. The van der Waals surface area contributed by atoms with E-state index in [1.54, 1.807) is 0 Å². The van der Waals surface area contributed by atoms with Crippen LogP contribution in [0.15, 0.2) is 0 Å². The first kappa shape index (κ1) is 12.8. The molecular formula is C10H18F3NO. The van der Waals surface area contributed by atoms with Gasteiger partial charge in [-0.1, -0.05) is 13.3 Å². The molecule has 0 saturated heterocycles. The van der Waals surface area contributed by atoms with Gasteiger partial charge in [0.1, 0.15) is 0 Å². The molecule has 0 radical (unpaired) electrons. The fourth-order valence-electron chi connectivity index (χ4n) is 1.92. The van der Waals surface area contributed by atoms with Crippen molar-refractivity contribution in [3.8, 4) is 0 Å². The number of ether oxygens (including phenoxy) is 1. The van der Waals surface area contributed by atoms with Gasteiger partial charge in [-0.2, -0.15) is 0 Å². The lowest BCUT2D eigenvalue weighted by Gasteiger charge is -2.41. The molecule has 0 aromatic carbocycles. The summed E-state index contributed by atoms with van der Waals surface area (Å²) in [6.45, 7) is 2.91. The highest BCUT2D eigenvalue weighted by atomic mass is 19.4. The van der Waals surface area contributed by atoms with E-state index >= 15 is 0 Å². The molecule has 0 unspecified atom stereocenters. The summed E-state index contributed by atoms with van der Waals surface area (Å²) in [5.41, 5.74) is 0.345. The summed E-state index contributed by atoms with van der Waals surface area (Å²) >= 11 is 0. The number of alkyl halides is 3. The number of nitrogens with one attached hydrogen (secondary N) is 1. The third-order valence-electron chi connectivity index (χ3n) is 3.21. The van der Waals surface area contributed by atoms with Crippen molar-refractivity contribution in [2.24, 2.45) is 5.41 Å². The second kappa shape index (κ2) is 5.16. The zero-order valence-corrected chi connectivity index (χ0v) is 8.99. The molecular weight excluding hydrogens is 207 g/mol. The summed E-state index contributed by atoms with van der Waals surface area (Å²) < 4.78 is 38.5. The molecule has 0 atom stereocenters. The van der Waals surface area contributed by atoms with Gasteiger partial charge in [0.2, 0.25) is 0 Å². The van der Waals surface area contributed by atoms with Crippen LogP contribution in [0.2, 0.25) is 0 Å². The van der Waals surface area contributed by atoms with E-state index in [1.807, 2.05) is 0 Å². The van der Waals surface area contributed by atoms with E-state index in [9.17, 15) is 13.2 Å². The average Bonchev–Trinajstić information content (AvgIpc) is 2.06. The van der Waals surface area contributed by atoms with Gasteiger partial charge in [-0.05, 0) is 24.7 Å². The van der Waals surface area contributed by atoms with Crippen molar-refractivity contribution in [3.63, 3.8) is 0 Å². The first-order valence-corrected chi connectivity index (χ1v) is 5.39. The van der Waals surface area contributed by atoms with Gasteiger partial charge in [-0.15, -0.1) is 13.2 Å². The summed E-state index contributed by atoms with van der Waals surface area (Å²) in [6.07, 6.45) is 0.225. The monoisotopic (exact) mass is 225 g/mol. The van der Waals surface area contributed by atoms with Crippen LogP contribution in [0.5, 0.6) is 0 Å². The highest BCUT2D eigenvalue weighted by Crippen LogP contribution is 2.42. The van der Waals surface area contributed by atoms with Crippen LogP contribution in [0.4, 0.5) is 13.2 Å². The molecule has 1 aliphatic rings. The van der Waals surface area contributed by atoms with Crippen LogP contribution in [0.3, 0.4) is 0 Å². The highest BCUT2D eigenvalue weighted by Gasteiger charge is 2.34. The average molecular weight is 225 g/mol. The normalized spacial score (nSPS) is 20.0. The van der Waals surface area contributed by atoms with Gasteiger partial charge in [0.15, 0.2) is 0 Å². The summed E-state index contributed by atoms with van der Waals surface area (Å²) in [5, 5.41) is 3.03. The minimum absolute atomic E-state index is 0.265. The molecule has 2 nitrogen and oxygen atoms in total. The molecule has 5 heteroatoms. The van der Waals surface area contributed by atoms with E-state index in [2.05, 4.69) is 17.0 Å². The van der Waals surface area contributed by atoms with E-state index in [4.69, 9.17) is 0 Å². The number of hydrogen-bond donors (Lipinski definition) is 1. The molecule has 0 aromatic heterocycles. The molecule has 0 spiro atoms. The predicted molar refractivity (Wildman–Crippen MR) is 51.5 cm³/mol. The molecule has 0 aromatic rings. The minimum atomic E-state index is -4.50. The Kier molecular flexibility index (Phi) is 4.40.